The predicted molar refractivity (Wildman–Crippen MR) is 120 cm³/mol. The van der Waals surface area contributed by atoms with Gasteiger partial charge in [0.2, 0.25) is 5.88 Å². The van der Waals surface area contributed by atoms with Crippen LogP contribution >= 0.6 is 0 Å². The van der Waals surface area contributed by atoms with Gasteiger partial charge >= 0.3 is 5.69 Å². The highest BCUT2D eigenvalue weighted by atomic mass is 16.6. The molecule has 0 spiro atoms. The van der Waals surface area contributed by atoms with Gasteiger partial charge in [-0.2, -0.15) is 4.98 Å². The second-order valence-corrected chi connectivity index (χ2v) is 8.51. The number of aryl methyl sites for hydroxylation is 1. The van der Waals surface area contributed by atoms with Crippen molar-refractivity contribution >= 4 is 0 Å². The number of rotatable bonds is 3. The van der Waals surface area contributed by atoms with Crippen LogP contribution in [0, 0.1) is 11.8 Å². The zero-order valence-electron chi connectivity index (χ0n) is 18.4. The highest BCUT2D eigenvalue weighted by molar-refractivity contribution is 5.68. The van der Waals surface area contributed by atoms with E-state index in [1.807, 2.05) is 18.2 Å². The first-order valence-corrected chi connectivity index (χ1v) is 10.7. The van der Waals surface area contributed by atoms with Crippen LogP contribution in [0.3, 0.4) is 0 Å². The molecule has 1 aromatic carbocycles. The SMILES string of the molecule is CC(C)(O)C#Cc1ccc2c(c1)CCn1c-2cc(OCC2COc3ncccc3O2)nc1=O. The first-order valence-electron chi connectivity index (χ1n) is 10.7. The van der Waals surface area contributed by atoms with Crippen molar-refractivity contribution < 1.29 is 19.3 Å². The standard InChI is InChI=1S/C25H23N3O5/c1-25(2,30)9-7-16-5-6-19-17(12-16)8-11-28-20(19)13-22(27-24(28)29)31-14-18-15-32-23-21(33-18)4-3-10-26-23/h3-6,10,12-13,18,30H,8,11,14-15H2,1-2H3. The van der Waals surface area contributed by atoms with Crippen molar-refractivity contribution in [2.75, 3.05) is 13.2 Å². The molecule has 0 bridgehead atoms. The van der Waals surface area contributed by atoms with E-state index in [0.717, 1.165) is 22.4 Å². The van der Waals surface area contributed by atoms with E-state index in [1.165, 1.54) is 0 Å². The first kappa shape index (κ1) is 21.0. The van der Waals surface area contributed by atoms with Gasteiger partial charge in [-0.25, -0.2) is 9.78 Å². The summed E-state index contributed by atoms with van der Waals surface area (Å²) in [6.45, 7) is 4.30. The lowest BCUT2D eigenvalue weighted by Gasteiger charge is -2.25. The predicted octanol–water partition coefficient (Wildman–Crippen LogP) is 2.20. The Morgan fingerprint density at radius 2 is 2.18 bits per heavy atom. The van der Waals surface area contributed by atoms with Crippen molar-refractivity contribution in [3.8, 4) is 40.6 Å². The van der Waals surface area contributed by atoms with Crippen LogP contribution < -0.4 is 19.9 Å². The Kier molecular flexibility index (Phi) is 5.27. The third-order valence-electron chi connectivity index (χ3n) is 5.34. The number of nitrogens with zero attached hydrogens (tertiary/aromatic N) is 3. The Morgan fingerprint density at radius 3 is 3.03 bits per heavy atom. The summed E-state index contributed by atoms with van der Waals surface area (Å²) in [5.41, 5.74) is 2.19. The van der Waals surface area contributed by atoms with E-state index in [-0.39, 0.29) is 24.3 Å². The van der Waals surface area contributed by atoms with E-state index < -0.39 is 5.60 Å². The molecule has 2 aliphatic rings. The Hall–Kier alpha value is -3.83. The molecule has 8 heteroatoms. The smallest absolute Gasteiger partial charge is 0.351 e. The Balaban J connectivity index is 1.36. The maximum Gasteiger partial charge on any atom is 0.351 e. The van der Waals surface area contributed by atoms with Crippen molar-refractivity contribution in [1.29, 1.82) is 0 Å². The van der Waals surface area contributed by atoms with E-state index in [2.05, 4.69) is 21.8 Å². The van der Waals surface area contributed by atoms with Crippen molar-refractivity contribution in [1.82, 2.24) is 14.5 Å². The van der Waals surface area contributed by atoms with Crippen molar-refractivity contribution in [3.05, 3.63) is 64.2 Å². The minimum Gasteiger partial charge on any atom is -0.478 e. The summed E-state index contributed by atoms with van der Waals surface area (Å²) in [6, 6.07) is 11.2. The molecule has 5 rings (SSSR count). The van der Waals surface area contributed by atoms with Gasteiger partial charge in [-0.05, 0) is 50.1 Å². The number of ether oxygens (including phenoxy) is 3. The largest absolute Gasteiger partial charge is 0.478 e. The molecule has 0 radical (unpaired) electrons. The van der Waals surface area contributed by atoms with Gasteiger partial charge in [0.25, 0.3) is 5.88 Å². The molecule has 2 aromatic heterocycles. The number of aromatic nitrogens is 3. The number of hydrogen-bond donors (Lipinski definition) is 1. The van der Waals surface area contributed by atoms with Crippen molar-refractivity contribution in [2.45, 2.75) is 38.5 Å². The number of pyridine rings is 1. The molecule has 1 N–H and O–H groups in total. The van der Waals surface area contributed by atoms with Crippen LogP contribution in [-0.4, -0.2) is 44.6 Å². The molecule has 4 heterocycles. The lowest BCUT2D eigenvalue weighted by atomic mass is 9.95. The van der Waals surface area contributed by atoms with Gasteiger partial charge in [0, 0.05) is 29.9 Å². The van der Waals surface area contributed by atoms with Gasteiger partial charge < -0.3 is 19.3 Å². The monoisotopic (exact) mass is 445 g/mol. The molecule has 0 saturated carbocycles. The van der Waals surface area contributed by atoms with Gasteiger partial charge in [-0.15, -0.1) is 0 Å². The van der Waals surface area contributed by atoms with Crippen LogP contribution in [0.15, 0.2) is 47.4 Å². The van der Waals surface area contributed by atoms with E-state index in [4.69, 9.17) is 14.2 Å². The molecular weight excluding hydrogens is 422 g/mol. The zero-order valence-corrected chi connectivity index (χ0v) is 18.4. The molecule has 168 valence electrons. The molecule has 0 fully saturated rings. The molecule has 0 aliphatic carbocycles. The second-order valence-electron chi connectivity index (χ2n) is 8.51. The van der Waals surface area contributed by atoms with Crippen molar-refractivity contribution in [3.63, 3.8) is 0 Å². The Morgan fingerprint density at radius 1 is 1.30 bits per heavy atom. The topological polar surface area (TPSA) is 95.7 Å². The summed E-state index contributed by atoms with van der Waals surface area (Å²) < 4.78 is 18.9. The van der Waals surface area contributed by atoms with Crippen molar-refractivity contribution in [2.24, 2.45) is 0 Å². The average Bonchev–Trinajstić information content (AvgIpc) is 2.80. The Labute approximate surface area is 190 Å². The van der Waals surface area contributed by atoms with E-state index >= 15 is 0 Å². The van der Waals surface area contributed by atoms with Gasteiger partial charge in [0.05, 0.1) is 5.69 Å². The van der Waals surface area contributed by atoms with Crippen LogP contribution in [0.5, 0.6) is 17.5 Å². The quantitative estimate of drug-likeness (QED) is 0.618. The third-order valence-corrected chi connectivity index (χ3v) is 5.34. The third kappa shape index (κ3) is 4.54. The fourth-order valence-corrected chi connectivity index (χ4v) is 3.80. The lowest BCUT2D eigenvalue weighted by Crippen LogP contribution is -2.35. The van der Waals surface area contributed by atoms with E-state index in [1.54, 1.807) is 42.8 Å². The molecule has 3 aromatic rings. The fourth-order valence-electron chi connectivity index (χ4n) is 3.80. The molecular formula is C25H23N3O5. The highest BCUT2D eigenvalue weighted by Crippen LogP contribution is 2.31. The number of hydrogen-bond acceptors (Lipinski definition) is 7. The molecule has 0 saturated heterocycles. The summed E-state index contributed by atoms with van der Waals surface area (Å²) in [4.78, 5) is 20.9. The summed E-state index contributed by atoms with van der Waals surface area (Å²) >= 11 is 0. The molecule has 33 heavy (non-hydrogen) atoms. The van der Waals surface area contributed by atoms with Crippen LogP contribution in [0.2, 0.25) is 0 Å². The summed E-state index contributed by atoms with van der Waals surface area (Å²) in [7, 11) is 0. The Bertz CT molecular complexity index is 1330. The number of benzene rings is 1. The van der Waals surface area contributed by atoms with Crippen LogP contribution in [-0.2, 0) is 13.0 Å². The summed E-state index contributed by atoms with van der Waals surface area (Å²) in [5.74, 6) is 7.11. The first-order chi connectivity index (χ1) is 15.9. The molecule has 1 unspecified atom stereocenters. The number of fused-ring (bicyclic) bond motifs is 4. The van der Waals surface area contributed by atoms with Gasteiger partial charge in [-0.3, -0.25) is 4.57 Å². The van der Waals surface area contributed by atoms with Gasteiger partial charge in [0.15, 0.2) is 11.9 Å². The van der Waals surface area contributed by atoms with Gasteiger partial charge in [0.1, 0.15) is 18.8 Å². The normalized spacial score (nSPS) is 16.2. The van der Waals surface area contributed by atoms with Gasteiger partial charge in [-0.1, -0.05) is 17.9 Å². The minimum atomic E-state index is -1.06. The number of aliphatic hydroxyl groups is 1. The van der Waals surface area contributed by atoms with Crippen LogP contribution in [0.25, 0.3) is 11.3 Å². The maximum absolute atomic E-state index is 12.6. The zero-order chi connectivity index (χ0) is 23.0. The molecule has 8 nitrogen and oxygen atoms in total. The van der Waals surface area contributed by atoms with Crippen LogP contribution in [0.4, 0.5) is 0 Å². The highest BCUT2D eigenvalue weighted by Gasteiger charge is 2.24. The summed E-state index contributed by atoms with van der Waals surface area (Å²) in [6.07, 6.45) is 2.00. The summed E-state index contributed by atoms with van der Waals surface area (Å²) in [5, 5.41) is 9.85. The maximum atomic E-state index is 12.6. The minimum absolute atomic E-state index is 0.183. The molecule has 2 aliphatic heterocycles. The second kappa shape index (κ2) is 8.26. The average molecular weight is 445 g/mol. The fraction of sp³-hybridized carbons (Fsp3) is 0.320. The van der Waals surface area contributed by atoms with Crippen LogP contribution in [0.1, 0.15) is 25.0 Å². The lowest BCUT2D eigenvalue weighted by molar-refractivity contribution is 0.0486. The van der Waals surface area contributed by atoms with E-state index in [9.17, 15) is 9.90 Å². The van der Waals surface area contributed by atoms with E-state index in [0.29, 0.717) is 31.2 Å². The molecule has 0 amide bonds. The molecule has 1 atom stereocenters.